The van der Waals surface area contributed by atoms with Crippen LogP contribution < -0.4 is 10.1 Å². The van der Waals surface area contributed by atoms with Crippen LogP contribution in [-0.4, -0.2) is 25.6 Å². The third-order valence-electron chi connectivity index (χ3n) is 5.49. The number of carbonyl (C=O) groups excluding carboxylic acids is 2. The fourth-order valence-electron chi connectivity index (χ4n) is 3.66. The van der Waals surface area contributed by atoms with Crippen molar-refractivity contribution < 1.29 is 19.1 Å². The molecule has 1 aliphatic rings. The lowest BCUT2D eigenvalue weighted by atomic mass is 9.72. The first-order valence-electron chi connectivity index (χ1n) is 9.88. The van der Waals surface area contributed by atoms with Gasteiger partial charge in [0.1, 0.15) is 16.8 Å². The summed E-state index contributed by atoms with van der Waals surface area (Å²) in [4.78, 5) is 25.7. The van der Waals surface area contributed by atoms with E-state index in [0.29, 0.717) is 27.8 Å². The molecule has 0 saturated heterocycles. The number of anilines is 1. The maximum absolute atomic E-state index is 12.4. The second kappa shape index (κ2) is 8.88. The van der Waals surface area contributed by atoms with Gasteiger partial charge in [0.15, 0.2) is 6.61 Å². The van der Waals surface area contributed by atoms with Gasteiger partial charge in [0.05, 0.1) is 18.2 Å². The van der Waals surface area contributed by atoms with Crippen molar-refractivity contribution in [1.82, 2.24) is 0 Å². The summed E-state index contributed by atoms with van der Waals surface area (Å²) in [7, 11) is 1.51. The van der Waals surface area contributed by atoms with Crippen molar-refractivity contribution in [3.8, 4) is 11.8 Å². The second-order valence-electron chi connectivity index (χ2n) is 8.48. The monoisotopic (exact) mass is 426 g/mol. The molecule has 0 unspecified atom stereocenters. The molecule has 30 heavy (non-hydrogen) atoms. The molecule has 1 aliphatic carbocycles. The number of rotatable bonds is 5. The summed E-state index contributed by atoms with van der Waals surface area (Å²) < 4.78 is 10.2. The highest BCUT2D eigenvalue weighted by Gasteiger charge is 2.32. The fourth-order valence-corrected chi connectivity index (χ4v) is 4.95. The van der Waals surface area contributed by atoms with E-state index >= 15 is 0 Å². The zero-order valence-electron chi connectivity index (χ0n) is 17.7. The van der Waals surface area contributed by atoms with Crippen molar-refractivity contribution in [3.05, 3.63) is 45.8 Å². The highest BCUT2D eigenvalue weighted by atomic mass is 32.1. The number of methoxy groups -OCH3 is 1. The van der Waals surface area contributed by atoms with Crippen LogP contribution >= 0.6 is 11.3 Å². The van der Waals surface area contributed by atoms with Crippen molar-refractivity contribution in [3.63, 3.8) is 0 Å². The molecule has 1 aromatic heterocycles. The Labute approximate surface area is 180 Å². The number of carbonyl (C=O) groups is 2. The summed E-state index contributed by atoms with van der Waals surface area (Å²) in [5.41, 5.74) is 2.09. The highest BCUT2D eigenvalue weighted by Crippen LogP contribution is 2.43. The minimum absolute atomic E-state index is 0.201. The molecule has 0 fully saturated rings. The van der Waals surface area contributed by atoms with Crippen molar-refractivity contribution >= 4 is 28.2 Å². The van der Waals surface area contributed by atoms with Crippen LogP contribution in [0.1, 0.15) is 53.6 Å². The molecule has 0 spiro atoms. The number of amides is 1. The van der Waals surface area contributed by atoms with Gasteiger partial charge >= 0.3 is 5.97 Å². The van der Waals surface area contributed by atoms with Gasteiger partial charge in [-0.15, -0.1) is 11.3 Å². The Morgan fingerprint density at radius 3 is 2.77 bits per heavy atom. The normalized spacial score (nSPS) is 15.6. The first-order chi connectivity index (χ1) is 14.2. The van der Waals surface area contributed by atoms with Gasteiger partial charge < -0.3 is 14.8 Å². The number of nitriles is 1. The van der Waals surface area contributed by atoms with Crippen LogP contribution in [0.4, 0.5) is 5.00 Å². The van der Waals surface area contributed by atoms with Crippen molar-refractivity contribution in [2.24, 2.45) is 11.3 Å². The number of hydrogen-bond acceptors (Lipinski definition) is 6. The molecule has 3 rings (SSSR count). The smallest absolute Gasteiger partial charge is 0.338 e. The molecule has 0 radical (unpaired) electrons. The van der Waals surface area contributed by atoms with E-state index in [1.807, 2.05) is 0 Å². The molecule has 1 heterocycles. The summed E-state index contributed by atoms with van der Waals surface area (Å²) in [5.74, 6) is 0.00428. The average Bonchev–Trinajstić information content (AvgIpc) is 3.07. The summed E-state index contributed by atoms with van der Waals surface area (Å²) in [6, 6.07) is 8.78. The van der Waals surface area contributed by atoms with Gasteiger partial charge in [-0.25, -0.2) is 4.79 Å². The molecule has 1 N–H and O–H groups in total. The number of ether oxygens (including phenoxy) is 2. The molecule has 7 heteroatoms. The number of esters is 1. The molecule has 0 bridgehead atoms. The highest BCUT2D eigenvalue weighted by molar-refractivity contribution is 7.16. The van der Waals surface area contributed by atoms with Gasteiger partial charge in [-0.3, -0.25) is 4.79 Å². The van der Waals surface area contributed by atoms with Crippen molar-refractivity contribution in [1.29, 1.82) is 5.26 Å². The van der Waals surface area contributed by atoms with E-state index in [2.05, 4.69) is 32.2 Å². The van der Waals surface area contributed by atoms with Crippen LogP contribution in [-0.2, 0) is 22.4 Å². The van der Waals surface area contributed by atoms with E-state index in [0.717, 1.165) is 24.8 Å². The fraction of sp³-hybridized carbons (Fsp3) is 0.435. The number of fused-ring (bicyclic) bond motifs is 1. The maximum atomic E-state index is 12.4. The lowest BCUT2D eigenvalue weighted by Crippen LogP contribution is -2.26. The minimum Gasteiger partial charge on any atom is -0.497 e. The topological polar surface area (TPSA) is 88.4 Å². The maximum Gasteiger partial charge on any atom is 0.338 e. The molecular weight excluding hydrogens is 400 g/mol. The number of hydrogen-bond donors (Lipinski definition) is 1. The summed E-state index contributed by atoms with van der Waals surface area (Å²) in [6.45, 7) is 6.29. The van der Waals surface area contributed by atoms with E-state index in [-0.39, 0.29) is 5.41 Å². The Bertz CT molecular complexity index is 998. The zero-order valence-corrected chi connectivity index (χ0v) is 18.5. The zero-order chi connectivity index (χ0) is 21.9. The molecule has 6 nitrogen and oxygen atoms in total. The SMILES string of the molecule is COc1cccc(C(=O)OCC(=O)Nc2sc3c(c2C#N)CC[C@@H](C(C)(C)C)C3)c1. The minimum atomic E-state index is -0.608. The quantitative estimate of drug-likeness (QED) is 0.707. The van der Waals surface area contributed by atoms with Gasteiger partial charge in [0.2, 0.25) is 0 Å². The molecule has 0 saturated carbocycles. The van der Waals surface area contributed by atoms with E-state index in [1.165, 1.54) is 23.3 Å². The Morgan fingerprint density at radius 1 is 1.33 bits per heavy atom. The Balaban J connectivity index is 1.65. The molecule has 0 aliphatic heterocycles. The van der Waals surface area contributed by atoms with Crippen LogP contribution in [0, 0.1) is 22.7 Å². The van der Waals surface area contributed by atoms with E-state index in [1.54, 1.807) is 24.3 Å². The lowest BCUT2D eigenvalue weighted by Gasteiger charge is -2.33. The molecule has 2 aromatic rings. The Hall–Kier alpha value is -2.85. The number of benzene rings is 1. The van der Waals surface area contributed by atoms with Gasteiger partial charge in [-0.2, -0.15) is 5.26 Å². The van der Waals surface area contributed by atoms with Crippen LogP contribution in [0.5, 0.6) is 5.75 Å². The number of thiophene rings is 1. The Morgan fingerprint density at radius 2 is 2.10 bits per heavy atom. The summed E-state index contributed by atoms with van der Waals surface area (Å²) in [6.07, 6.45) is 2.80. The molecule has 1 amide bonds. The second-order valence-corrected chi connectivity index (χ2v) is 9.59. The molecule has 158 valence electrons. The first kappa shape index (κ1) is 21.8. The third kappa shape index (κ3) is 4.82. The Kier molecular flexibility index (Phi) is 6.47. The number of nitrogens with zero attached hydrogens (tertiary/aromatic N) is 1. The van der Waals surface area contributed by atoms with Crippen LogP contribution in [0.3, 0.4) is 0 Å². The van der Waals surface area contributed by atoms with Gasteiger partial charge in [0, 0.05) is 4.88 Å². The molecule has 1 atom stereocenters. The van der Waals surface area contributed by atoms with E-state index < -0.39 is 18.5 Å². The predicted molar refractivity (Wildman–Crippen MR) is 116 cm³/mol. The summed E-state index contributed by atoms with van der Waals surface area (Å²) in [5, 5.41) is 12.9. The number of nitrogens with one attached hydrogen (secondary N) is 1. The third-order valence-corrected chi connectivity index (χ3v) is 6.66. The van der Waals surface area contributed by atoms with Crippen LogP contribution in [0.2, 0.25) is 0 Å². The largest absolute Gasteiger partial charge is 0.497 e. The van der Waals surface area contributed by atoms with Crippen LogP contribution in [0.25, 0.3) is 0 Å². The molecule has 1 aromatic carbocycles. The van der Waals surface area contributed by atoms with Gasteiger partial charge in [0.25, 0.3) is 5.91 Å². The summed E-state index contributed by atoms with van der Waals surface area (Å²) >= 11 is 1.46. The van der Waals surface area contributed by atoms with Gasteiger partial charge in [-0.1, -0.05) is 26.8 Å². The van der Waals surface area contributed by atoms with E-state index in [4.69, 9.17) is 9.47 Å². The first-order valence-corrected chi connectivity index (χ1v) is 10.7. The van der Waals surface area contributed by atoms with Crippen molar-refractivity contribution in [2.75, 3.05) is 19.0 Å². The van der Waals surface area contributed by atoms with Gasteiger partial charge in [-0.05, 0) is 54.4 Å². The van der Waals surface area contributed by atoms with Crippen molar-refractivity contribution in [2.45, 2.75) is 40.0 Å². The predicted octanol–water partition coefficient (Wildman–Crippen LogP) is 4.57. The molecular formula is C23H26N2O4S. The average molecular weight is 427 g/mol. The van der Waals surface area contributed by atoms with Crippen LogP contribution in [0.15, 0.2) is 24.3 Å². The lowest BCUT2D eigenvalue weighted by molar-refractivity contribution is -0.119. The van der Waals surface area contributed by atoms with E-state index in [9.17, 15) is 14.9 Å². The standard InChI is InChI=1S/C23H26N2O4S/c1-23(2,3)15-8-9-17-18(12-24)21(30-19(17)11-15)25-20(26)13-29-22(27)14-6-5-7-16(10-14)28-4/h5-7,10,15H,8-9,11,13H2,1-4H3,(H,25,26)/t15-/m1/s1.